The molecule has 0 aliphatic heterocycles. The van der Waals surface area contributed by atoms with E-state index in [0.717, 1.165) is 5.56 Å². The van der Waals surface area contributed by atoms with Gasteiger partial charge in [0.1, 0.15) is 5.69 Å². The number of H-pyrrole nitrogens is 1. The van der Waals surface area contributed by atoms with Crippen LogP contribution in [0.5, 0.6) is 5.75 Å². The highest BCUT2D eigenvalue weighted by Crippen LogP contribution is 2.38. The number of pyridine rings is 1. The molecule has 128 valence electrons. The molecule has 1 fully saturated rings. The zero-order valence-corrected chi connectivity index (χ0v) is 13.5. The summed E-state index contributed by atoms with van der Waals surface area (Å²) in [5.41, 5.74) is 0.673. The predicted octanol–water partition coefficient (Wildman–Crippen LogP) is 0.359. The normalized spacial score (nSPS) is 21.0. The van der Waals surface area contributed by atoms with Gasteiger partial charge in [0.2, 0.25) is 5.43 Å². The fourth-order valence-corrected chi connectivity index (χ4v) is 2.94. The van der Waals surface area contributed by atoms with Crippen LogP contribution in [-0.4, -0.2) is 39.0 Å². The maximum absolute atomic E-state index is 12.5. The number of hydrogen-bond acceptors (Lipinski definition) is 5. The van der Waals surface area contributed by atoms with E-state index in [-0.39, 0.29) is 40.8 Å². The molecule has 24 heavy (non-hydrogen) atoms. The molecule has 1 aliphatic carbocycles. The average molecular weight is 332 g/mol. The molecular weight excluding hydrogens is 312 g/mol. The van der Waals surface area contributed by atoms with Crippen molar-refractivity contribution in [1.82, 2.24) is 20.1 Å². The Kier molecular flexibility index (Phi) is 4.39. The van der Waals surface area contributed by atoms with Crippen LogP contribution in [0.2, 0.25) is 0 Å². The molecule has 1 aliphatic rings. The molecule has 1 atom stereocenters. The first kappa shape index (κ1) is 16.3. The van der Waals surface area contributed by atoms with Crippen molar-refractivity contribution in [2.75, 3.05) is 7.11 Å². The minimum Gasteiger partial charge on any atom is -0.491 e. The van der Waals surface area contributed by atoms with E-state index in [0.29, 0.717) is 12.8 Å². The molecule has 8 heteroatoms. The third-order valence-electron chi connectivity index (χ3n) is 4.33. The van der Waals surface area contributed by atoms with Crippen LogP contribution in [0.3, 0.4) is 0 Å². The van der Waals surface area contributed by atoms with Gasteiger partial charge in [-0.1, -0.05) is 0 Å². The number of carbonyl (C=O) groups excluding carboxylic acids is 1. The van der Waals surface area contributed by atoms with E-state index in [1.807, 2.05) is 6.20 Å². The largest absolute Gasteiger partial charge is 0.491 e. The lowest BCUT2D eigenvalue weighted by Crippen LogP contribution is -2.41. The van der Waals surface area contributed by atoms with E-state index >= 15 is 0 Å². The zero-order valence-electron chi connectivity index (χ0n) is 13.5. The number of rotatable bonds is 5. The Morgan fingerprint density at radius 1 is 1.54 bits per heavy atom. The number of hydrogen-bond donors (Lipinski definition) is 3. The smallest absolute Gasteiger partial charge is 0.268 e. The molecule has 1 amide bonds. The van der Waals surface area contributed by atoms with Crippen molar-refractivity contribution >= 4 is 5.91 Å². The first-order valence-corrected chi connectivity index (χ1v) is 7.72. The Morgan fingerprint density at radius 3 is 2.83 bits per heavy atom. The lowest BCUT2D eigenvalue weighted by atomic mass is 9.75. The van der Waals surface area contributed by atoms with Crippen molar-refractivity contribution in [3.8, 4) is 5.75 Å². The molecule has 2 heterocycles. The molecule has 2 aromatic heterocycles. The van der Waals surface area contributed by atoms with Crippen LogP contribution in [0.1, 0.15) is 34.9 Å². The van der Waals surface area contributed by atoms with Crippen LogP contribution in [-0.2, 0) is 7.05 Å². The van der Waals surface area contributed by atoms with Gasteiger partial charge in [0.25, 0.3) is 5.91 Å². The predicted molar refractivity (Wildman–Crippen MR) is 85.8 cm³/mol. The Morgan fingerprint density at radius 2 is 2.29 bits per heavy atom. The molecule has 0 spiro atoms. The fourth-order valence-electron chi connectivity index (χ4n) is 2.94. The second-order valence-electron chi connectivity index (χ2n) is 6.06. The van der Waals surface area contributed by atoms with Crippen LogP contribution in [0.15, 0.2) is 29.5 Å². The number of amides is 1. The van der Waals surface area contributed by atoms with Gasteiger partial charge in [0, 0.05) is 31.1 Å². The number of methoxy groups -OCH3 is 1. The van der Waals surface area contributed by atoms with E-state index in [9.17, 15) is 14.7 Å². The molecular formula is C16H20N4O4. The summed E-state index contributed by atoms with van der Waals surface area (Å²) >= 11 is 0. The molecule has 3 N–H and O–H groups in total. The van der Waals surface area contributed by atoms with Crippen molar-refractivity contribution < 1.29 is 14.6 Å². The standard InChI is InChI=1S/C16H20N4O4/c1-20-8-10(6-18-20)15(9-3-11(21)4-9)19-16(23)12-5-13(22)14(24-2)7-17-12/h5-9,11,15,21H,3-4H2,1-2H3,(H,17,22)(H,19,23)/t9?,11?,15-/m1/s1. The van der Waals surface area contributed by atoms with E-state index in [2.05, 4.69) is 15.4 Å². The van der Waals surface area contributed by atoms with Gasteiger partial charge in [-0.15, -0.1) is 0 Å². The number of aromatic nitrogens is 3. The number of aliphatic hydroxyl groups excluding tert-OH is 1. The highest BCUT2D eigenvalue weighted by atomic mass is 16.5. The van der Waals surface area contributed by atoms with Crippen LogP contribution in [0.25, 0.3) is 0 Å². The maximum Gasteiger partial charge on any atom is 0.268 e. The number of nitrogens with one attached hydrogen (secondary N) is 2. The minimum atomic E-state index is -0.384. The fraction of sp³-hybridized carbons (Fsp3) is 0.438. The van der Waals surface area contributed by atoms with E-state index < -0.39 is 0 Å². The first-order chi connectivity index (χ1) is 11.5. The van der Waals surface area contributed by atoms with Crippen LogP contribution >= 0.6 is 0 Å². The quantitative estimate of drug-likeness (QED) is 0.732. The summed E-state index contributed by atoms with van der Waals surface area (Å²) < 4.78 is 6.56. The Labute approximate surface area is 138 Å². The van der Waals surface area contributed by atoms with Gasteiger partial charge < -0.3 is 20.1 Å². The third kappa shape index (κ3) is 3.18. The van der Waals surface area contributed by atoms with Crippen LogP contribution in [0.4, 0.5) is 0 Å². The topological polar surface area (TPSA) is 109 Å². The van der Waals surface area contributed by atoms with Gasteiger partial charge in [-0.25, -0.2) is 0 Å². The Hall–Kier alpha value is -2.61. The summed E-state index contributed by atoms with van der Waals surface area (Å²) in [6, 6.07) is 0.949. The van der Waals surface area contributed by atoms with Gasteiger partial charge in [-0.05, 0) is 18.8 Å². The third-order valence-corrected chi connectivity index (χ3v) is 4.33. The highest BCUT2D eigenvalue weighted by molar-refractivity contribution is 5.92. The SMILES string of the molecule is COc1c[nH]c(C(=O)N[C@@H](c2cnn(C)c2)C2CC(O)C2)cc1=O. The van der Waals surface area contributed by atoms with E-state index in [1.54, 1.807) is 17.9 Å². The molecule has 1 saturated carbocycles. The van der Waals surface area contributed by atoms with Crippen molar-refractivity contribution in [3.05, 3.63) is 46.1 Å². The molecule has 8 nitrogen and oxygen atoms in total. The van der Waals surface area contributed by atoms with Gasteiger partial charge >= 0.3 is 0 Å². The van der Waals surface area contributed by atoms with Crippen LogP contribution in [0, 0.1) is 5.92 Å². The van der Waals surface area contributed by atoms with Crippen molar-refractivity contribution in [2.24, 2.45) is 13.0 Å². The summed E-state index contributed by atoms with van der Waals surface area (Å²) in [7, 11) is 3.20. The highest BCUT2D eigenvalue weighted by Gasteiger charge is 2.36. The molecule has 3 rings (SSSR count). The maximum atomic E-state index is 12.5. The summed E-state index contributed by atoms with van der Waals surface area (Å²) in [4.78, 5) is 27.1. The van der Waals surface area contributed by atoms with Gasteiger partial charge in [-0.2, -0.15) is 5.10 Å². The molecule has 0 bridgehead atoms. The second kappa shape index (κ2) is 6.48. The lowest BCUT2D eigenvalue weighted by molar-refractivity contribution is 0.0234. The lowest BCUT2D eigenvalue weighted by Gasteiger charge is -2.37. The molecule has 0 saturated heterocycles. The van der Waals surface area contributed by atoms with Crippen molar-refractivity contribution in [1.29, 1.82) is 0 Å². The monoisotopic (exact) mass is 332 g/mol. The Balaban J connectivity index is 1.80. The van der Waals surface area contributed by atoms with Crippen LogP contribution < -0.4 is 15.5 Å². The first-order valence-electron chi connectivity index (χ1n) is 7.72. The van der Waals surface area contributed by atoms with Crippen molar-refractivity contribution in [2.45, 2.75) is 25.0 Å². The summed E-state index contributed by atoms with van der Waals surface area (Å²) in [6.07, 6.45) is 5.83. The number of nitrogens with zero attached hydrogens (tertiary/aromatic N) is 2. The second-order valence-corrected chi connectivity index (χ2v) is 6.06. The van der Waals surface area contributed by atoms with Crippen molar-refractivity contribution in [3.63, 3.8) is 0 Å². The summed E-state index contributed by atoms with van der Waals surface area (Å²) in [6.45, 7) is 0. The zero-order chi connectivity index (χ0) is 17.3. The number of carbonyl (C=O) groups is 1. The number of ether oxygens (including phenoxy) is 1. The molecule has 0 radical (unpaired) electrons. The summed E-state index contributed by atoms with van der Waals surface area (Å²) in [5.74, 6) is -0.0967. The van der Waals surface area contributed by atoms with E-state index in [4.69, 9.17) is 4.74 Å². The van der Waals surface area contributed by atoms with Gasteiger partial charge in [-0.3, -0.25) is 14.3 Å². The van der Waals surface area contributed by atoms with Gasteiger partial charge in [0.15, 0.2) is 5.75 Å². The summed E-state index contributed by atoms with van der Waals surface area (Å²) in [5, 5.41) is 16.6. The Bertz CT molecular complexity index is 791. The molecule has 0 unspecified atom stereocenters. The molecule has 2 aromatic rings. The number of aryl methyl sites for hydroxylation is 1. The minimum absolute atomic E-state index is 0.137. The number of aromatic amines is 1. The average Bonchev–Trinajstić information content (AvgIpc) is 2.96. The molecule has 0 aromatic carbocycles. The van der Waals surface area contributed by atoms with E-state index in [1.165, 1.54) is 19.4 Å². The van der Waals surface area contributed by atoms with Gasteiger partial charge in [0.05, 0.1) is 25.5 Å². The number of aliphatic hydroxyl groups is 1.